The lowest BCUT2D eigenvalue weighted by atomic mass is 9.90. The molecule has 1 N–H and O–H groups in total. The fourth-order valence-electron chi connectivity index (χ4n) is 6.57. The Bertz CT molecular complexity index is 1870. The Morgan fingerprint density at radius 2 is 1.84 bits per heavy atom. The van der Waals surface area contributed by atoms with Gasteiger partial charge in [0.1, 0.15) is 29.9 Å². The summed E-state index contributed by atoms with van der Waals surface area (Å²) in [5.74, 6) is 1.39. The first kappa shape index (κ1) is 33.1. The van der Waals surface area contributed by atoms with E-state index >= 15 is 0 Å². The smallest absolute Gasteiger partial charge is 0.256 e. The molecule has 1 saturated carbocycles. The monoisotopic (exact) mass is 679 g/mol. The highest BCUT2D eigenvalue weighted by atomic mass is 16.5. The summed E-state index contributed by atoms with van der Waals surface area (Å²) in [6.45, 7) is 6.44. The normalized spacial score (nSPS) is 18.7. The zero-order valence-electron chi connectivity index (χ0n) is 28.3. The van der Waals surface area contributed by atoms with E-state index in [-0.39, 0.29) is 12.1 Å². The van der Waals surface area contributed by atoms with Crippen LogP contribution >= 0.6 is 0 Å². The van der Waals surface area contributed by atoms with Gasteiger partial charge in [-0.25, -0.2) is 14.6 Å². The van der Waals surface area contributed by atoms with Crippen LogP contribution in [0, 0.1) is 11.3 Å². The van der Waals surface area contributed by atoms with Gasteiger partial charge in [0, 0.05) is 56.8 Å². The number of nitrogens with zero attached hydrogens (tertiary/aromatic N) is 12. The Balaban J connectivity index is 1.04. The first-order valence-corrected chi connectivity index (χ1v) is 17.0. The lowest BCUT2D eigenvalue weighted by Crippen LogP contribution is -2.45. The van der Waals surface area contributed by atoms with Crippen molar-refractivity contribution in [1.82, 2.24) is 54.6 Å². The fourth-order valence-corrected chi connectivity index (χ4v) is 6.57. The van der Waals surface area contributed by atoms with Gasteiger partial charge < -0.3 is 19.5 Å². The third kappa shape index (κ3) is 8.07. The van der Waals surface area contributed by atoms with Crippen LogP contribution in [0.3, 0.4) is 0 Å². The van der Waals surface area contributed by atoms with Gasteiger partial charge in [-0.05, 0) is 66.8 Å². The van der Waals surface area contributed by atoms with Gasteiger partial charge in [-0.2, -0.15) is 10.4 Å². The van der Waals surface area contributed by atoms with Crippen LogP contribution in [0.15, 0.2) is 55.4 Å². The molecule has 1 aliphatic carbocycles. The van der Waals surface area contributed by atoms with Crippen molar-refractivity contribution < 1.29 is 14.2 Å². The van der Waals surface area contributed by atoms with Gasteiger partial charge in [0.2, 0.25) is 5.95 Å². The average Bonchev–Trinajstić information content (AvgIpc) is 3.91. The molecule has 1 atom stereocenters. The van der Waals surface area contributed by atoms with Gasteiger partial charge in [-0.1, -0.05) is 6.07 Å². The molecule has 0 bridgehead atoms. The van der Waals surface area contributed by atoms with Crippen LogP contribution in [0.4, 0.5) is 11.6 Å². The van der Waals surface area contributed by atoms with Gasteiger partial charge in [-0.3, -0.25) is 14.3 Å². The number of hydrogen-bond donors (Lipinski definition) is 1. The van der Waals surface area contributed by atoms with Crippen molar-refractivity contribution in [2.75, 3.05) is 38.2 Å². The molecule has 16 nitrogen and oxygen atoms in total. The number of ether oxygens (including phenoxy) is 3. The Morgan fingerprint density at radius 3 is 2.56 bits per heavy atom. The molecule has 2 aliphatic rings. The number of rotatable bonds is 13. The molecule has 1 aliphatic heterocycles. The number of nitriles is 1. The van der Waals surface area contributed by atoms with E-state index in [2.05, 4.69) is 46.9 Å². The Kier molecular flexibility index (Phi) is 10.2. The number of aryl methyl sites for hydroxylation is 1. The van der Waals surface area contributed by atoms with Crippen LogP contribution in [0.5, 0.6) is 11.6 Å². The molecule has 0 spiro atoms. The number of hydrogen-bond acceptors (Lipinski definition) is 13. The number of benzene rings is 1. The molecule has 0 radical (unpaired) electrons. The van der Waals surface area contributed by atoms with Crippen molar-refractivity contribution in [1.29, 1.82) is 5.26 Å². The van der Waals surface area contributed by atoms with Crippen LogP contribution in [0.1, 0.15) is 49.9 Å². The third-order valence-corrected chi connectivity index (χ3v) is 9.16. The average molecular weight is 680 g/mol. The summed E-state index contributed by atoms with van der Waals surface area (Å²) in [5.41, 5.74) is 3.69. The number of tetrazole rings is 1. The zero-order valence-corrected chi connectivity index (χ0v) is 28.3. The largest absolute Gasteiger partial charge is 0.487 e. The van der Waals surface area contributed by atoms with Crippen molar-refractivity contribution in [3.8, 4) is 28.8 Å². The highest BCUT2D eigenvalue weighted by Crippen LogP contribution is 2.35. The number of nitrogens with one attached hydrogen (secondary N) is 1. The van der Waals surface area contributed by atoms with E-state index in [9.17, 15) is 5.26 Å². The molecular weight excluding hydrogens is 638 g/mol. The minimum Gasteiger partial charge on any atom is -0.487 e. The summed E-state index contributed by atoms with van der Waals surface area (Å²) in [4.78, 5) is 11.8. The number of morpholine rings is 1. The van der Waals surface area contributed by atoms with E-state index in [0.717, 1.165) is 68.8 Å². The Labute approximate surface area is 290 Å². The zero-order chi connectivity index (χ0) is 34.3. The topological polar surface area (TPSA) is 172 Å². The van der Waals surface area contributed by atoms with Crippen molar-refractivity contribution in [3.05, 3.63) is 66.6 Å². The lowest BCUT2D eigenvalue weighted by Gasteiger charge is -2.38. The van der Waals surface area contributed by atoms with E-state index < -0.39 is 0 Å². The SMILES string of the molecule is CC(Cn1cnnn1)Oc1cc(-c2cnc(Nc3cn(C4CCC(N5CCOCC5)CC4)nc3OCCc3ccn(C)n3)nc2)ccc1C#N. The van der Waals surface area contributed by atoms with E-state index in [0.29, 0.717) is 54.4 Å². The molecule has 1 aromatic carbocycles. The standard InChI is InChI=1S/C34H41N13O3/c1-24(21-46-23-38-42-43-46)50-32-17-25(3-4-26(32)18-35)27-19-36-34(37-20-27)39-31-22-47(41-33(31)49-14-10-28-9-11-44(2)40-28)30-7-5-29(6-8-30)45-12-15-48-16-13-45/h3-4,9,11,17,19-20,22-24,29-30H,5-8,10,12-16,21H2,1-2H3,(H,36,37,39). The first-order chi connectivity index (χ1) is 24.5. The van der Waals surface area contributed by atoms with Gasteiger partial charge in [0.15, 0.2) is 0 Å². The first-order valence-electron chi connectivity index (χ1n) is 17.0. The van der Waals surface area contributed by atoms with Gasteiger partial charge >= 0.3 is 0 Å². The number of anilines is 2. The molecule has 5 heterocycles. The van der Waals surface area contributed by atoms with Crippen molar-refractivity contribution in [2.45, 2.75) is 63.8 Å². The second kappa shape index (κ2) is 15.4. The second-order valence-corrected chi connectivity index (χ2v) is 12.7. The summed E-state index contributed by atoms with van der Waals surface area (Å²) in [6, 6.07) is 10.5. The van der Waals surface area contributed by atoms with E-state index in [4.69, 9.17) is 19.3 Å². The predicted octanol–water partition coefficient (Wildman–Crippen LogP) is 3.58. The molecule has 7 rings (SSSR count). The van der Waals surface area contributed by atoms with Crippen LogP contribution in [-0.4, -0.2) is 99.7 Å². The van der Waals surface area contributed by atoms with Crippen molar-refractivity contribution in [2.24, 2.45) is 7.05 Å². The minimum absolute atomic E-state index is 0.273. The summed E-state index contributed by atoms with van der Waals surface area (Å²) in [6.07, 6.45) is 13.7. The highest BCUT2D eigenvalue weighted by molar-refractivity contribution is 5.67. The Morgan fingerprint density at radius 1 is 1.04 bits per heavy atom. The fraction of sp³-hybridized carbons (Fsp3) is 0.471. The van der Waals surface area contributed by atoms with Gasteiger partial charge in [0.25, 0.3) is 5.88 Å². The maximum absolute atomic E-state index is 9.68. The molecule has 1 saturated heterocycles. The summed E-state index contributed by atoms with van der Waals surface area (Å²) < 4.78 is 23.3. The molecule has 50 heavy (non-hydrogen) atoms. The number of aromatic nitrogens is 10. The van der Waals surface area contributed by atoms with Gasteiger partial charge in [0.05, 0.1) is 49.9 Å². The van der Waals surface area contributed by atoms with E-state index in [1.54, 1.807) is 27.8 Å². The maximum Gasteiger partial charge on any atom is 0.256 e. The van der Waals surface area contributed by atoms with Gasteiger partial charge in [-0.15, -0.1) is 10.2 Å². The van der Waals surface area contributed by atoms with Crippen LogP contribution in [0.2, 0.25) is 0 Å². The summed E-state index contributed by atoms with van der Waals surface area (Å²) >= 11 is 0. The van der Waals surface area contributed by atoms with E-state index in [1.165, 1.54) is 6.33 Å². The van der Waals surface area contributed by atoms with Crippen LogP contribution in [0.25, 0.3) is 11.1 Å². The van der Waals surface area contributed by atoms with Crippen molar-refractivity contribution in [3.63, 3.8) is 0 Å². The second-order valence-electron chi connectivity index (χ2n) is 12.7. The van der Waals surface area contributed by atoms with E-state index in [1.807, 2.05) is 49.2 Å². The molecule has 0 amide bonds. The molecule has 5 aromatic rings. The molecule has 1 unspecified atom stereocenters. The molecule has 4 aromatic heterocycles. The quantitative estimate of drug-likeness (QED) is 0.192. The molecular formula is C34H41N13O3. The highest BCUT2D eigenvalue weighted by Gasteiger charge is 2.29. The molecule has 16 heteroatoms. The summed E-state index contributed by atoms with van der Waals surface area (Å²) in [5, 5.41) is 33.6. The third-order valence-electron chi connectivity index (χ3n) is 9.16. The molecule has 260 valence electrons. The van der Waals surface area contributed by atoms with Crippen LogP contribution in [-0.2, 0) is 24.8 Å². The lowest BCUT2D eigenvalue weighted by molar-refractivity contribution is 0.00503. The minimum atomic E-state index is -0.273. The predicted molar refractivity (Wildman–Crippen MR) is 182 cm³/mol. The summed E-state index contributed by atoms with van der Waals surface area (Å²) in [7, 11) is 1.90. The maximum atomic E-state index is 9.68. The van der Waals surface area contributed by atoms with Crippen molar-refractivity contribution >= 4 is 11.6 Å². The Hall–Kier alpha value is -5.40. The van der Waals surface area contributed by atoms with Crippen LogP contribution < -0.4 is 14.8 Å². The molecule has 2 fully saturated rings.